The van der Waals surface area contributed by atoms with E-state index in [1.54, 1.807) is 35.2 Å². The van der Waals surface area contributed by atoms with Crippen molar-refractivity contribution < 1.29 is 36.6 Å². The summed E-state index contributed by atoms with van der Waals surface area (Å²) in [6.07, 6.45) is 2.17. The van der Waals surface area contributed by atoms with Crippen LogP contribution in [0.25, 0.3) is 21.2 Å². The molecule has 1 aromatic heterocycles. The third-order valence-corrected chi connectivity index (χ3v) is 12.1. The fourth-order valence-corrected chi connectivity index (χ4v) is 8.61. The first-order valence-electron chi connectivity index (χ1n) is 16.5. The van der Waals surface area contributed by atoms with Crippen molar-refractivity contribution in [2.45, 2.75) is 65.1 Å². The van der Waals surface area contributed by atoms with E-state index in [1.165, 1.54) is 23.4 Å². The van der Waals surface area contributed by atoms with Gasteiger partial charge in [-0.1, -0.05) is 50.6 Å². The van der Waals surface area contributed by atoms with Crippen LogP contribution in [0.3, 0.4) is 0 Å². The number of hydrogen-bond acceptors (Lipinski definition) is 6. The van der Waals surface area contributed by atoms with E-state index in [0.29, 0.717) is 49.2 Å². The number of benzene rings is 3. The number of carbonyl (C=O) groups excluding carboxylic acids is 1. The monoisotopic (exact) mass is 761 g/mol. The van der Waals surface area contributed by atoms with Gasteiger partial charge in [0.15, 0.2) is 0 Å². The zero-order valence-electron chi connectivity index (χ0n) is 29.4. The Bertz CT molecular complexity index is 2040. The van der Waals surface area contributed by atoms with Gasteiger partial charge < -0.3 is 19.6 Å². The Hall–Kier alpha value is -3.94. The van der Waals surface area contributed by atoms with Crippen molar-refractivity contribution in [3.8, 4) is 16.9 Å². The van der Waals surface area contributed by atoms with Crippen molar-refractivity contribution in [2.75, 3.05) is 31.3 Å². The van der Waals surface area contributed by atoms with Crippen LogP contribution >= 0.6 is 22.9 Å². The summed E-state index contributed by atoms with van der Waals surface area (Å²) >= 11 is 7.43. The number of nitrogens with zero attached hydrogens (tertiary/aromatic N) is 3. The van der Waals surface area contributed by atoms with Gasteiger partial charge in [-0.2, -0.15) is 0 Å². The van der Waals surface area contributed by atoms with E-state index in [-0.39, 0.29) is 44.0 Å². The quantitative estimate of drug-likeness (QED) is 0.173. The third-order valence-electron chi connectivity index (χ3n) is 9.26. The van der Waals surface area contributed by atoms with Gasteiger partial charge in [0.25, 0.3) is 5.91 Å². The molecule has 0 bridgehead atoms. The molecule has 0 radical (unpaired) electrons. The minimum atomic E-state index is -3.44. The van der Waals surface area contributed by atoms with Crippen LogP contribution in [0.15, 0.2) is 54.6 Å². The second kappa shape index (κ2) is 15.0. The van der Waals surface area contributed by atoms with E-state index in [9.17, 15) is 31.9 Å². The minimum absolute atomic E-state index is 0.0124. The number of carbonyl (C=O) groups is 2. The second-order valence-electron chi connectivity index (χ2n) is 14.1. The van der Waals surface area contributed by atoms with Crippen molar-refractivity contribution >= 4 is 60.7 Å². The van der Waals surface area contributed by atoms with E-state index in [2.05, 4.69) is 0 Å². The van der Waals surface area contributed by atoms with Gasteiger partial charge in [0.1, 0.15) is 22.3 Å². The van der Waals surface area contributed by atoms with Crippen LogP contribution in [0.2, 0.25) is 5.02 Å². The van der Waals surface area contributed by atoms with Crippen LogP contribution < -0.4 is 9.04 Å². The highest BCUT2D eigenvalue weighted by Crippen LogP contribution is 2.41. The van der Waals surface area contributed by atoms with E-state index in [0.717, 1.165) is 40.9 Å². The lowest BCUT2D eigenvalue weighted by Gasteiger charge is -2.41. The molecule has 0 saturated heterocycles. The Balaban J connectivity index is 1.52. The summed E-state index contributed by atoms with van der Waals surface area (Å²) in [7, 11) is -0.444. The highest BCUT2D eigenvalue weighted by molar-refractivity contribution is 7.92. The summed E-state index contributed by atoms with van der Waals surface area (Å²) in [4.78, 5) is 29.9. The van der Waals surface area contributed by atoms with Crippen molar-refractivity contribution in [1.82, 2.24) is 9.80 Å². The second-order valence-corrected chi connectivity index (χ2v) is 17.6. The number of hydrogen-bond donors (Lipinski definition) is 1. The first-order chi connectivity index (χ1) is 23.9. The topological polar surface area (TPSA) is 107 Å². The van der Waals surface area contributed by atoms with Crippen molar-refractivity contribution in [3.63, 3.8) is 0 Å². The molecule has 5 rings (SSSR count). The molecule has 0 unspecified atom stereocenters. The van der Waals surface area contributed by atoms with Gasteiger partial charge in [-0.05, 0) is 78.6 Å². The summed E-state index contributed by atoms with van der Waals surface area (Å²) in [6, 6.07) is 14.0. The number of ether oxygens (including phenoxy) is 1. The van der Waals surface area contributed by atoms with E-state index in [4.69, 9.17) is 16.3 Å². The lowest BCUT2D eigenvalue weighted by molar-refractivity contribution is 0.0492. The van der Waals surface area contributed by atoms with E-state index in [1.807, 2.05) is 32.9 Å². The molecule has 0 aliphatic heterocycles. The number of sulfonamides is 1. The average molecular weight is 762 g/mol. The minimum Gasteiger partial charge on any atom is -0.496 e. The molecule has 0 spiro atoms. The molecular weight excluding hydrogens is 720 g/mol. The molecule has 1 heterocycles. The lowest BCUT2D eigenvalue weighted by atomic mass is 9.87. The molecule has 9 nitrogen and oxygen atoms in total. The molecule has 1 aliphatic rings. The maximum atomic E-state index is 14.9. The molecule has 1 saturated carbocycles. The summed E-state index contributed by atoms with van der Waals surface area (Å²) in [6.45, 7) is 6.39. The predicted molar refractivity (Wildman–Crippen MR) is 199 cm³/mol. The highest BCUT2D eigenvalue weighted by Gasteiger charge is 2.36. The van der Waals surface area contributed by atoms with Crippen molar-refractivity contribution in [3.05, 3.63) is 81.7 Å². The molecule has 3 aromatic carbocycles. The van der Waals surface area contributed by atoms with Gasteiger partial charge in [-0.25, -0.2) is 22.0 Å². The fourth-order valence-electron chi connectivity index (χ4n) is 6.60. The molecular formula is C37H42ClF2N3O6S2. The van der Waals surface area contributed by atoms with Gasteiger partial charge in [0, 0.05) is 37.8 Å². The molecule has 2 amide bonds. The summed E-state index contributed by atoms with van der Waals surface area (Å²) in [5.74, 6) is -1.39. The Kier molecular flexibility index (Phi) is 11.2. The van der Waals surface area contributed by atoms with Gasteiger partial charge in [0.05, 0.1) is 34.2 Å². The van der Waals surface area contributed by atoms with Crippen LogP contribution in [0, 0.1) is 17.0 Å². The van der Waals surface area contributed by atoms with Gasteiger partial charge in [-0.3, -0.25) is 9.10 Å². The zero-order chi connectivity index (χ0) is 37.4. The number of carboxylic acid groups (broad SMARTS) is 1. The number of methoxy groups -OCH3 is 1. The van der Waals surface area contributed by atoms with Gasteiger partial charge >= 0.3 is 6.09 Å². The van der Waals surface area contributed by atoms with Gasteiger partial charge in [-0.15, -0.1) is 11.3 Å². The largest absolute Gasteiger partial charge is 0.496 e. The molecule has 14 heteroatoms. The standard InChI is InChI=1S/C37H42ClF2N3O6S2/c1-37(2,3)21-43(36(45)46)27-14-12-26(13-15-27)42(35(44)34-32(38)31-28(39)16-17-29(40)33(31)50-34)20-24-19-23(9-18-30(24)49-5)22-7-10-25(11-8-22)41(4)51(6,47)48/h7-11,16-19,26-27H,12-15,20-21H2,1-6H3,(H,45,46). The molecule has 1 aliphatic carbocycles. The number of amides is 2. The van der Waals surface area contributed by atoms with E-state index >= 15 is 0 Å². The Labute approximate surface area is 306 Å². The van der Waals surface area contributed by atoms with Crippen LogP contribution in [0.5, 0.6) is 5.75 Å². The van der Waals surface area contributed by atoms with Crippen molar-refractivity contribution in [2.24, 2.45) is 5.41 Å². The molecule has 274 valence electrons. The number of thiophene rings is 1. The van der Waals surface area contributed by atoms with Crippen LogP contribution in [0.1, 0.15) is 61.7 Å². The first kappa shape index (κ1) is 38.3. The SMILES string of the molecule is COc1ccc(-c2ccc(N(C)S(C)(=O)=O)cc2)cc1CN(C(=O)c1sc2c(F)ccc(F)c2c1Cl)C1CCC(N(CC(C)(C)C)C(=O)O)CC1. The summed E-state index contributed by atoms with van der Waals surface area (Å²) in [5.41, 5.74) is 2.51. The Morgan fingerprint density at radius 2 is 1.51 bits per heavy atom. The summed E-state index contributed by atoms with van der Waals surface area (Å²) in [5, 5.41) is 9.74. The smallest absolute Gasteiger partial charge is 0.407 e. The maximum Gasteiger partial charge on any atom is 0.407 e. The Morgan fingerprint density at radius 3 is 2.04 bits per heavy atom. The number of fused-ring (bicyclic) bond motifs is 1. The van der Waals surface area contributed by atoms with Crippen LogP contribution in [0.4, 0.5) is 19.3 Å². The maximum absolute atomic E-state index is 14.9. The van der Waals surface area contributed by atoms with Crippen LogP contribution in [-0.2, 0) is 16.6 Å². The zero-order valence-corrected chi connectivity index (χ0v) is 31.8. The van der Waals surface area contributed by atoms with Crippen molar-refractivity contribution in [1.29, 1.82) is 0 Å². The molecule has 51 heavy (non-hydrogen) atoms. The Morgan fingerprint density at radius 1 is 0.941 bits per heavy atom. The van der Waals surface area contributed by atoms with Gasteiger partial charge in [0.2, 0.25) is 10.0 Å². The molecule has 1 N–H and O–H groups in total. The lowest BCUT2D eigenvalue weighted by Crippen LogP contribution is -2.49. The molecule has 1 fully saturated rings. The first-order valence-corrected chi connectivity index (χ1v) is 19.5. The molecule has 4 aromatic rings. The average Bonchev–Trinajstić information content (AvgIpc) is 3.44. The van der Waals surface area contributed by atoms with Crippen LogP contribution in [-0.4, -0.2) is 74.4 Å². The third kappa shape index (κ3) is 8.42. The summed E-state index contributed by atoms with van der Waals surface area (Å²) < 4.78 is 60.6. The normalized spacial score (nSPS) is 16.6. The fraction of sp³-hybridized carbons (Fsp3) is 0.405. The predicted octanol–water partition coefficient (Wildman–Crippen LogP) is 8.88. The number of anilines is 1. The highest BCUT2D eigenvalue weighted by atomic mass is 35.5. The number of halogens is 3. The van der Waals surface area contributed by atoms with E-state index < -0.39 is 33.7 Å². The number of rotatable bonds is 10. The molecule has 0 atom stereocenters.